The molecule has 3 aromatic rings. The van der Waals surface area contributed by atoms with Crippen molar-refractivity contribution in [2.24, 2.45) is 5.92 Å². The number of nitrogens with two attached hydrogens (primary N) is 1. The fourth-order valence-electron chi connectivity index (χ4n) is 6.58. The molecule has 3 aliphatic rings. The minimum absolute atomic E-state index is 0.0428. The van der Waals surface area contributed by atoms with Crippen LogP contribution in [0.5, 0.6) is 0 Å². The maximum absolute atomic E-state index is 13.4. The molecule has 2 atom stereocenters. The Hall–Kier alpha value is -2.88. The van der Waals surface area contributed by atoms with Gasteiger partial charge in [0.05, 0.1) is 17.3 Å². The largest absolute Gasteiger partial charge is 0.419 e. The van der Waals surface area contributed by atoms with Crippen molar-refractivity contribution in [2.75, 3.05) is 18.8 Å². The fourth-order valence-corrected chi connectivity index (χ4v) is 6.58. The van der Waals surface area contributed by atoms with Gasteiger partial charge in [-0.05, 0) is 50.3 Å². The number of alkyl halides is 3. The zero-order chi connectivity index (χ0) is 24.2. The maximum Gasteiger partial charge on any atom is 0.419 e. The summed E-state index contributed by atoms with van der Waals surface area (Å²) < 4.78 is 42.1. The van der Waals surface area contributed by atoms with Crippen LogP contribution in [-0.4, -0.2) is 42.7 Å². The molecule has 1 aliphatic carbocycles. The summed E-state index contributed by atoms with van der Waals surface area (Å²) >= 11 is 0. The lowest BCUT2D eigenvalue weighted by atomic mass is 9.81. The molecule has 10 heteroatoms. The summed E-state index contributed by atoms with van der Waals surface area (Å²) in [5.74, 6) is 1.13. The number of likely N-dealkylation sites (tertiary alicyclic amines) is 1. The summed E-state index contributed by atoms with van der Waals surface area (Å²) in [6.45, 7) is 2.66. The molecule has 186 valence electrons. The zero-order valence-electron chi connectivity index (χ0n) is 19.6. The zero-order valence-corrected chi connectivity index (χ0v) is 19.6. The van der Waals surface area contributed by atoms with Gasteiger partial charge in [-0.3, -0.25) is 9.58 Å². The van der Waals surface area contributed by atoms with Gasteiger partial charge in [0.25, 0.3) is 0 Å². The second-order valence-electron chi connectivity index (χ2n) is 10.4. The Kier molecular flexibility index (Phi) is 5.39. The standard InChI is InChI=1S/C25H30F3N7/c26-25(27,28)18-12-17(14-32-22(18)29)19-13-20-24(7-11-35(20)33-19)6-10-34(15-24)21(23-30-8-9-31-23)16-4-2-1-3-5-16/h8-9,12-14,16,21H,1-7,10-11,15H2,(H2,29,32)(H,30,31)/t21?,24-/m1/s1. The van der Waals surface area contributed by atoms with E-state index >= 15 is 0 Å². The molecule has 0 aromatic carbocycles. The maximum atomic E-state index is 13.4. The second kappa shape index (κ2) is 8.36. The molecule has 6 rings (SSSR count). The van der Waals surface area contributed by atoms with Crippen molar-refractivity contribution in [2.45, 2.75) is 69.1 Å². The molecule has 5 heterocycles. The number of hydrogen-bond acceptors (Lipinski definition) is 5. The quantitative estimate of drug-likeness (QED) is 0.547. The fraction of sp³-hybridized carbons (Fsp3) is 0.560. The van der Waals surface area contributed by atoms with Gasteiger partial charge < -0.3 is 10.7 Å². The van der Waals surface area contributed by atoms with Crippen LogP contribution in [0.3, 0.4) is 0 Å². The van der Waals surface area contributed by atoms with Crippen molar-refractivity contribution >= 4 is 5.82 Å². The van der Waals surface area contributed by atoms with Gasteiger partial charge in [0.1, 0.15) is 11.6 Å². The number of imidazole rings is 1. The van der Waals surface area contributed by atoms with E-state index < -0.39 is 17.6 Å². The Labute approximate surface area is 201 Å². The molecular weight excluding hydrogens is 455 g/mol. The third-order valence-electron chi connectivity index (χ3n) is 8.32. The number of H-pyrrole nitrogens is 1. The third kappa shape index (κ3) is 3.91. The van der Waals surface area contributed by atoms with Crippen molar-refractivity contribution in [1.82, 2.24) is 29.6 Å². The molecule has 1 spiro atoms. The predicted molar refractivity (Wildman–Crippen MR) is 125 cm³/mol. The lowest BCUT2D eigenvalue weighted by molar-refractivity contribution is -0.137. The highest BCUT2D eigenvalue weighted by atomic mass is 19.4. The molecule has 0 radical (unpaired) electrons. The number of hydrogen-bond donors (Lipinski definition) is 2. The van der Waals surface area contributed by atoms with Crippen LogP contribution in [0.2, 0.25) is 0 Å². The Balaban J connectivity index is 1.29. The average molecular weight is 486 g/mol. The summed E-state index contributed by atoms with van der Waals surface area (Å²) in [6.07, 6.45) is 8.88. The first kappa shape index (κ1) is 22.6. The monoisotopic (exact) mass is 485 g/mol. The number of rotatable bonds is 4. The van der Waals surface area contributed by atoms with Gasteiger partial charge in [-0.1, -0.05) is 19.3 Å². The molecule has 7 nitrogen and oxygen atoms in total. The normalized spacial score (nSPS) is 24.3. The molecule has 0 amide bonds. The Morgan fingerprint density at radius 1 is 1.09 bits per heavy atom. The van der Waals surface area contributed by atoms with E-state index in [1.165, 1.54) is 38.3 Å². The molecule has 1 saturated heterocycles. The lowest BCUT2D eigenvalue weighted by Crippen LogP contribution is -2.36. The number of nitrogens with one attached hydrogen (secondary N) is 1. The summed E-state index contributed by atoms with van der Waals surface area (Å²) in [7, 11) is 0. The van der Waals surface area contributed by atoms with Crippen molar-refractivity contribution in [3.05, 3.63) is 47.8 Å². The van der Waals surface area contributed by atoms with E-state index in [2.05, 4.69) is 25.0 Å². The van der Waals surface area contributed by atoms with E-state index in [0.29, 0.717) is 17.2 Å². The van der Waals surface area contributed by atoms with E-state index in [9.17, 15) is 13.2 Å². The lowest BCUT2D eigenvalue weighted by Gasteiger charge is -2.36. The number of anilines is 1. The molecule has 0 bridgehead atoms. The van der Waals surface area contributed by atoms with Crippen LogP contribution in [0.4, 0.5) is 19.0 Å². The summed E-state index contributed by atoms with van der Waals surface area (Å²) in [5.41, 5.74) is 6.51. The van der Waals surface area contributed by atoms with Crippen LogP contribution in [0.15, 0.2) is 30.7 Å². The second-order valence-corrected chi connectivity index (χ2v) is 10.4. The van der Waals surface area contributed by atoms with Gasteiger partial charge in [-0.25, -0.2) is 9.97 Å². The molecular formula is C25H30F3N7. The highest BCUT2D eigenvalue weighted by molar-refractivity contribution is 5.63. The number of aryl methyl sites for hydroxylation is 1. The molecule has 3 N–H and O–H groups in total. The van der Waals surface area contributed by atoms with Crippen LogP contribution < -0.4 is 5.73 Å². The Morgan fingerprint density at radius 2 is 1.89 bits per heavy atom. The van der Waals surface area contributed by atoms with Gasteiger partial charge in [0.2, 0.25) is 0 Å². The Bertz CT molecular complexity index is 1200. The minimum Gasteiger partial charge on any atom is -0.383 e. The van der Waals surface area contributed by atoms with Crippen molar-refractivity contribution in [3.63, 3.8) is 0 Å². The number of halogens is 3. The average Bonchev–Trinajstić information content (AvgIpc) is 3.62. The smallest absolute Gasteiger partial charge is 0.383 e. The van der Waals surface area contributed by atoms with E-state index in [-0.39, 0.29) is 11.5 Å². The van der Waals surface area contributed by atoms with Gasteiger partial charge in [0, 0.05) is 48.4 Å². The van der Waals surface area contributed by atoms with E-state index in [1.807, 2.05) is 23.1 Å². The Morgan fingerprint density at radius 3 is 2.63 bits per heavy atom. The number of nitrogens with zero attached hydrogens (tertiary/aromatic N) is 5. The number of aromatic amines is 1. The third-order valence-corrected chi connectivity index (χ3v) is 8.32. The SMILES string of the molecule is Nc1ncc(-c2cc3n(n2)CC[C@@]32CCN(C(c3ncc[nH]3)C3CCCCC3)C2)cc1C(F)(F)F. The predicted octanol–water partition coefficient (Wildman–Crippen LogP) is 4.94. The van der Waals surface area contributed by atoms with Crippen LogP contribution in [0, 0.1) is 5.92 Å². The molecule has 35 heavy (non-hydrogen) atoms. The van der Waals surface area contributed by atoms with Crippen molar-refractivity contribution < 1.29 is 13.2 Å². The number of fused-ring (bicyclic) bond motifs is 2. The van der Waals surface area contributed by atoms with Crippen LogP contribution in [-0.2, 0) is 18.1 Å². The van der Waals surface area contributed by atoms with E-state index in [1.54, 1.807) is 0 Å². The van der Waals surface area contributed by atoms with Crippen LogP contribution in [0.25, 0.3) is 11.3 Å². The van der Waals surface area contributed by atoms with E-state index in [4.69, 9.17) is 5.73 Å². The molecule has 2 fully saturated rings. The number of pyridine rings is 1. The number of nitrogen functional groups attached to an aromatic ring is 1. The van der Waals surface area contributed by atoms with Crippen molar-refractivity contribution in [1.29, 1.82) is 0 Å². The van der Waals surface area contributed by atoms with Gasteiger partial charge >= 0.3 is 6.18 Å². The molecule has 1 unspecified atom stereocenters. The number of aromatic nitrogens is 5. The minimum atomic E-state index is -4.55. The van der Waals surface area contributed by atoms with Gasteiger partial charge in [-0.2, -0.15) is 18.3 Å². The van der Waals surface area contributed by atoms with Gasteiger partial charge in [0.15, 0.2) is 0 Å². The molecule has 3 aromatic heterocycles. The first-order valence-electron chi connectivity index (χ1n) is 12.5. The summed E-state index contributed by atoms with van der Waals surface area (Å²) in [6, 6.07) is 3.30. The molecule has 1 saturated carbocycles. The van der Waals surface area contributed by atoms with Gasteiger partial charge in [-0.15, -0.1) is 0 Å². The van der Waals surface area contributed by atoms with Crippen molar-refractivity contribution in [3.8, 4) is 11.3 Å². The summed E-state index contributed by atoms with van der Waals surface area (Å²) in [4.78, 5) is 14.4. The topological polar surface area (TPSA) is 88.7 Å². The molecule has 2 aliphatic heterocycles. The summed E-state index contributed by atoms with van der Waals surface area (Å²) in [5, 5.41) is 4.67. The first-order chi connectivity index (χ1) is 16.8. The first-order valence-corrected chi connectivity index (χ1v) is 12.5. The highest BCUT2D eigenvalue weighted by Crippen LogP contribution is 2.48. The highest BCUT2D eigenvalue weighted by Gasteiger charge is 2.48. The van der Waals surface area contributed by atoms with Crippen LogP contribution >= 0.6 is 0 Å². The van der Waals surface area contributed by atoms with Crippen LogP contribution in [0.1, 0.15) is 68.1 Å². The van der Waals surface area contributed by atoms with E-state index in [0.717, 1.165) is 50.1 Å².